The van der Waals surface area contributed by atoms with Gasteiger partial charge in [0.25, 0.3) is 0 Å². The van der Waals surface area contributed by atoms with Crippen molar-refractivity contribution in [3.63, 3.8) is 0 Å². The minimum atomic E-state index is -0.557. The molecule has 0 radical (unpaired) electrons. The molecular weight excluding hydrogens is 933 g/mol. The minimum Gasteiger partial charge on any atom is -0.456 e. The third-order valence-electron chi connectivity index (χ3n) is 16.9. The highest BCUT2D eigenvalue weighted by Crippen LogP contribution is 2.65. The van der Waals surface area contributed by atoms with Crippen molar-refractivity contribution in [2.24, 2.45) is 0 Å². The van der Waals surface area contributed by atoms with E-state index < -0.39 is 10.8 Å². The second-order valence-corrected chi connectivity index (χ2v) is 20.7. The number of rotatable bonds is 8. The zero-order chi connectivity index (χ0) is 50.7. The van der Waals surface area contributed by atoms with Crippen molar-refractivity contribution in [2.75, 3.05) is 9.80 Å². The van der Waals surface area contributed by atoms with Crippen molar-refractivity contribution in [3.05, 3.63) is 336 Å². The van der Waals surface area contributed by atoms with Crippen LogP contribution in [0, 0.1) is 0 Å². The summed E-state index contributed by atoms with van der Waals surface area (Å²) in [6.45, 7) is 0. The van der Waals surface area contributed by atoms with Gasteiger partial charge in [0.15, 0.2) is 0 Å². The lowest BCUT2D eigenvalue weighted by Crippen LogP contribution is -2.35. The predicted octanol–water partition coefficient (Wildman–Crippen LogP) is 19.2. The molecule has 0 N–H and O–H groups in total. The molecule has 1 aromatic heterocycles. The van der Waals surface area contributed by atoms with Crippen molar-refractivity contribution >= 4 is 56.1 Å². The Morgan fingerprint density at radius 2 is 0.844 bits per heavy atom. The Balaban J connectivity index is 0.890. The average Bonchev–Trinajstić information content (AvgIpc) is 4.17. The molecule has 1 atom stereocenters. The maximum atomic E-state index is 6.61. The van der Waals surface area contributed by atoms with E-state index in [-0.39, 0.29) is 0 Å². The Bertz CT molecular complexity index is 4410. The van der Waals surface area contributed by atoms with Crippen molar-refractivity contribution in [3.8, 4) is 33.4 Å². The second kappa shape index (κ2) is 16.8. The minimum absolute atomic E-state index is 0.550. The summed E-state index contributed by atoms with van der Waals surface area (Å²) < 4.78 is 6.61. The first-order valence-electron chi connectivity index (χ1n) is 26.7. The van der Waals surface area contributed by atoms with Crippen LogP contribution in [-0.2, 0) is 10.8 Å². The maximum Gasteiger partial charge on any atom is 0.137 e. The molecule has 0 saturated carbocycles. The lowest BCUT2D eigenvalue weighted by Gasteiger charge is -2.44. The van der Waals surface area contributed by atoms with Crippen LogP contribution in [0.3, 0.4) is 0 Å². The van der Waals surface area contributed by atoms with Gasteiger partial charge >= 0.3 is 0 Å². The van der Waals surface area contributed by atoms with Crippen molar-refractivity contribution in [1.29, 1.82) is 0 Å². The first kappa shape index (κ1) is 43.4. The van der Waals surface area contributed by atoms with E-state index in [0.717, 1.165) is 50.3 Å². The van der Waals surface area contributed by atoms with Crippen molar-refractivity contribution in [1.82, 2.24) is 0 Å². The predicted molar refractivity (Wildman–Crippen MR) is 317 cm³/mol. The van der Waals surface area contributed by atoms with Gasteiger partial charge in [0.05, 0.1) is 33.3 Å². The zero-order valence-electron chi connectivity index (χ0n) is 42.0. The molecule has 0 bridgehead atoms. The molecule has 2 aliphatic carbocycles. The Hall–Kier alpha value is -9.96. The summed E-state index contributed by atoms with van der Waals surface area (Å²) in [6.07, 6.45) is 0. The van der Waals surface area contributed by atoms with Gasteiger partial charge < -0.3 is 14.2 Å². The summed E-state index contributed by atoms with van der Waals surface area (Å²) >= 11 is 0. The first-order chi connectivity index (χ1) is 38.2. The largest absolute Gasteiger partial charge is 0.456 e. The third kappa shape index (κ3) is 6.08. The van der Waals surface area contributed by atoms with E-state index in [1.165, 1.54) is 83.7 Å². The topological polar surface area (TPSA) is 19.6 Å². The van der Waals surface area contributed by atoms with Crippen LogP contribution >= 0.6 is 0 Å². The van der Waals surface area contributed by atoms with Crippen LogP contribution in [-0.4, -0.2) is 0 Å². The molecule has 1 unspecified atom stereocenters. The number of nitrogens with zero attached hydrogens (tertiary/aromatic N) is 2. The highest BCUT2D eigenvalue weighted by Gasteiger charge is 2.53. The molecule has 12 aromatic carbocycles. The number of hydrogen-bond donors (Lipinski definition) is 0. The van der Waals surface area contributed by atoms with Gasteiger partial charge in [-0.25, -0.2) is 0 Å². The van der Waals surface area contributed by atoms with E-state index in [1.54, 1.807) is 0 Å². The van der Waals surface area contributed by atoms with E-state index >= 15 is 0 Å². The monoisotopic (exact) mass is 980 g/mol. The summed E-state index contributed by atoms with van der Waals surface area (Å²) in [5.41, 5.74) is 24.9. The van der Waals surface area contributed by atoms with Gasteiger partial charge in [0, 0.05) is 28.0 Å². The van der Waals surface area contributed by atoms with Crippen LogP contribution in [0.15, 0.2) is 296 Å². The molecule has 13 aromatic rings. The average molecular weight is 981 g/mol. The summed E-state index contributed by atoms with van der Waals surface area (Å²) in [6, 6.07) is 107. The van der Waals surface area contributed by atoms with Crippen molar-refractivity contribution in [2.45, 2.75) is 10.8 Å². The molecule has 3 heteroatoms. The van der Waals surface area contributed by atoms with Gasteiger partial charge in [-0.15, -0.1) is 0 Å². The maximum absolute atomic E-state index is 6.61. The van der Waals surface area contributed by atoms with Crippen LogP contribution in [0.2, 0.25) is 0 Å². The quantitative estimate of drug-likeness (QED) is 0.151. The van der Waals surface area contributed by atoms with Gasteiger partial charge in [0.2, 0.25) is 0 Å². The normalized spacial score (nSPS) is 15.1. The SMILES string of the molecule is c1ccc(N2c3ccccc3C3(c4ccccc4)c4cc(-c5ccc(N(c6ccc7c(c6)C(c6ccccc6)(c6ccccc6)c6ccccc6-7)c6cccc7oc8ccccc8c67)cc5)ccc4-c4cccc2c43)cc1. The number of para-hydroxylation sites is 3. The van der Waals surface area contributed by atoms with Crippen molar-refractivity contribution < 1.29 is 4.42 Å². The van der Waals surface area contributed by atoms with E-state index in [0.29, 0.717) is 0 Å². The lowest BCUT2D eigenvalue weighted by atomic mass is 9.64. The Labute approximate surface area is 447 Å². The number of anilines is 6. The molecule has 360 valence electrons. The van der Waals surface area contributed by atoms with Gasteiger partial charge in [-0.3, -0.25) is 0 Å². The second-order valence-electron chi connectivity index (χ2n) is 20.7. The van der Waals surface area contributed by atoms with Gasteiger partial charge in [0.1, 0.15) is 11.2 Å². The number of furan rings is 1. The van der Waals surface area contributed by atoms with E-state index in [2.05, 4.69) is 301 Å². The molecule has 3 nitrogen and oxygen atoms in total. The fraction of sp³-hybridized carbons (Fsp3) is 0.0270. The number of fused-ring (bicyclic) bond motifs is 11. The highest BCUT2D eigenvalue weighted by atomic mass is 16.3. The number of benzene rings is 12. The van der Waals surface area contributed by atoms with Gasteiger partial charge in [-0.05, 0) is 145 Å². The fourth-order valence-corrected chi connectivity index (χ4v) is 13.9. The highest BCUT2D eigenvalue weighted by molar-refractivity contribution is 6.13. The van der Waals surface area contributed by atoms with E-state index in [1.807, 2.05) is 0 Å². The standard InChI is InChI=1S/C74H48N2O/c1-5-21-51(22-6-1)73(52-23-7-2-8-24-52)62-32-15-13-29-57(62)58-46-44-56(48-65(58)73)75(67-35-20-38-70-71(67)61-30-14-18-37-69(61)77-70)55-42-39-49(40-43-55)50-41-45-59-60-31-19-36-68-72(60)74(64(59)47-50,53-25-9-3-10-26-53)63-33-16-17-34-66(63)76(68)54-27-11-4-12-28-54/h1-48H. The molecule has 1 aliphatic heterocycles. The van der Waals surface area contributed by atoms with Crippen LogP contribution in [0.25, 0.3) is 55.3 Å². The Kier molecular flexibility index (Phi) is 9.47. The lowest BCUT2D eigenvalue weighted by molar-refractivity contribution is 0.669. The summed E-state index contributed by atoms with van der Waals surface area (Å²) in [5.74, 6) is 0. The van der Waals surface area contributed by atoms with Crippen LogP contribution < -0.4 is 9.80 Å². The molecule has 2 heterocycles. The smallest absolute Gasteiger partial charge is 0.137 e. The van der Waals surface area contributed by atoms with Crippen LogP contribution in [0.1, 0.15) is 44.5 Å². The van der Waals surface area contributed by atoms with Crippen LogP contribution in [0.4, 0.5) is 34.1 Å². The summed E-state index contributed by atoms with van der Waals surface area (Å²) in [4.78, 5) is 4.91. The Morgan fingerprint density at radius 1 is 0.325 bits per heavy atom. The van der Waals surface area contributed by atoms with Crippen LogP contribution in [0.5, 0.6) is 0 Å². The molecule has 0 saturated heterocycles. The zero-order valence-corrected chi connectivity index (χ0v) is 42.0. The Morgan fingerprint density at radius 3 is 1.60 bits per heavy atom. The first-order valence-corrected chi connectivity index (χ1v) is 26.7. The molecular formula is C74H48N2O. The number of hydrogen-bond acceptors (Lipinski definition) is 3. The fourth-order valence-electron chi connectivity index (χ4n) is 13.9. The molecule has 0 fully saturated rings. The van der Waals surface area contributed by atoms with E-state index in [4.69, 9.17) is 4.42 Å². The molecule has 16 rings (SSSR count). The molecule has 0 amide bonds. The summed E-state index contributed by atoms with van der Waals surface area (Å²) in [7, 11) is 0. The van der Waals surface area contributed by atoms with E-state index in [9.17, 15) is 0 Å². The van der Waals surface area contributed by atoms with Gasteiger partial charge in [-0.2, -0.15) is 0 Å². The third-order valence-corrected chi connectivity index (χ3v) is 16.9. The molecule has 77 heavy (non-hydrogen) atoms. The summed E-state index contributed by atoms with van der Waals surface area (Å²) in [5, 5.41) is 2.16. The van der Waals surface area contributed by atoms with Gasteiger partial charge in [-0.1, -0.05) is 218 Å². The molecule has 3 aliphatic rings. The molecule has 0 spiro atoms.